The van der Waals surface area contributed by atoms with E-state index in [1.54, 1.807) is 25.3 Å². The molecule has 1 saturated carbocycles. The number of fused-ring (bicyclic) bond motifs is 1. The summed E-state index contributed by atoms with van der Waals surface area (Å²) in [5.74, 6) is -0.732. The van der Waals surface area contributed by atoms with E-state index in [1.807, 2.05) is 30.6 Å². The molecule has 0 radical (unpaired) electrons. The highest BCUT2D eigenvalue weighted by atomic mass is 16.7. The van der Waals surface area contributed by atoms with Crippen molar-refractivity contribution >= 4 is 23.6 Å². The lowest BCUT2D eigenvalue weighted by Crippen LogP contribution is -2.34. The Bertz CT molecular complexity index is 1200. The molecule has 2 aliphatic rings. The van der Waals surface area contributed by atoms with Crippen LogP contribution in [0.25, 0.3) is 6.08 Å². The molecular formula is C26H29N3O6. The van der Waals surface area contributed by atoms with Gasteiger partial charge in [-0.2, -0.15) is 5.26 Å². The van der Waals surface area contributed by atoms with Crippen LogP contribution in [0.15, 0.2) is 29.8 Å². The summed E-state index contributed by atoms with van der Waals surface area (Å²) in [7, 11) is 1.63. The van der Waals surface area contributed by atoms with Crippen molar-refractivity contribution in [1.82, 2.24) is 4.57 Å². The average molecular weight is 480 g/mol. The molecule has 1 amide bonds. The summed E-state index contributed by atoms with van der Waals surface area (Å²) in [5.41, 5.74) is 2.94. The number of carbonyl (C=O) groups excluding carboxylic acids is 2. The number of hydrogen-bond donors (Lipinski definition) is 1. The molecule has 2 heterocycles. The van der Waals surface area contributed by atoms with Crippen molar-refractivity contribution in [2.45, 2.75) is 51.9 Å². The van der Waals surface area contributed by atoms with E-state index in [0.717, 1.165) is 42.6 Å². The minimum atomic E-state index is -0.863. The number of aromatic nitrogens is 1. The Morgan fingerprint density at radius 1 is 1.20 bits per heavy atom. The molecule has 0 atom stereocenters. The van der Waals surface area contributed by atoms with Crippen molar-refractivity contribution in [1.29, 1.82) is 5.26 Å². The molecule has 0 saturated heterocycles. The zero-order valence-electron chi connectivity index (χ0n) is 20.2. The van der Waals surface area contributed by atoms with Crippen molar-refractivity contribution in [2.24, 2.45) is 0 Å². The molecule has 1 aromatic heterocycles. The van der Waals surface area contributed by atoms with Crippen LogP contribution >= 0.6 is 0 Å². The number of hydrogen-bond acceptors (Lipinski definition) is 7. The Kier molecular flexibility index (Phi) is 7.12. The highest BCUT2D eigenvalue weighted by Crippen LogP contribution is 2.47. The van der Waals surface area contributed by atoms with Gasteiger partial charge >= 0.3 is 5.97 Å². The molecule has 0 bridgehead atoms. The maximum absolute atomic E-state index is 12.5. The quantitative estimate of drug-likeness (QED) is 0.347. The Labute approximate surface area is 204 Å². The molecule has 9 nitrogen and oxygen atoms in total. The number of esters is 1. The Hall–Kier alpha value is -3.77. The van der Waals surface area contributed by atoms with Gasteiger partial charge in [0.25, 0.3) is 11.7 Å². The number of anilines is 1. The van der Waals surface area contributed by atoms with Crippen LogP contribution in [0.3, 0.4) is 0 Å². The number of carbonyl (C=O) groups is 2. The number of nitrogens with one attached hydrogen (secondary N) is 1. The van der Waals surface area contributed by atoms with Gasteiger partial charge in [0.05, 0.1) is 6.61 Å². The second kappa shape index (κ2) is 10.2. The molecule has 2 aromatic rings. The second-order valence-electron chi connectivity index (χ2n) is 8.75. The molecule has 35 heavy (non-hydrogen) atoms. The fraction of sp³-hybridized carbons (Fsp3) is 0.423. The summed E-state index contributed by atoms with van der Waals surface area (Å²) in [6, 6.07) is 8.91. The zero-order valence-corrected chi connectivity index (χ0v) is 20.2. The number of nitrogens with zero attached hydrogens (tertiary/aromatic N) is 2. The van der Waals surface area contributed by atoms with Crippen molar-refractivity contribution in [3.63, 3.8) is 0 Å². The Balaban J connectivity index is 1.34. The van der Waals surface area contributed by atoms with Gasteiger partial charge < -0.3 is 28.8 Å². The molecule has 0 unspecified atom stereocenters. The van der Waals surface area contributed by atoms with Crippen molar-refractivity contribution in [3.05, 3.63) is 46.8 Å². The van der Waals surface area contributed by atoms with Crippen LogP contribution in [0, 0.1) is 25.2 Å². The zero-order chi connectivity index (χ0) is 25.0. The van der Waals surface area contributed by atoms with Gasteiger partial charge in [0.15, 0.2) is 18.1 Å². The van der Waals surface area contributed by atoms with E-state index >= 15 is 0 Å². The highest BCUT2D eigenvalue weighted by Gasteiger charge is 2.44. The molecular weight excluding hydrogens is 450 g/mol. The van der Waals surface area contributed by atoms with Crippen LogP contribution < -0.4 is 14.8 Å². The van der Waals surface area contributed by atoms with Crippen molar-refractivity contribution < 1.29 is 28.5 Å². The number of amides is 1. The standard InChI is InChI=1S/C26H29N3O6/c1-17-12-19(18(2)29(17)10-11-32-3)13-20(15-27)25(31)33-16-24(30)28-21-6-7-22-23(14-21)35-26(34-22)8-4-5-9-26/h6-7,12-14H,4-5,8-11,16H2,1-3H3,(H,28,30)/b20-13+. The second-order valence-corrected chi connectivity index (χ2v) is 8.75. The van der Waals surface area contributed by atoms with Gasteiger partial charge in [-0.25, -0.2) is 4.79 Å². The van der Waals surface area contributed by atoms with E-state index in [0.29, 0.717) is 30.3 Å². The van der Waals surface area contributed by atoms with Gasteiger partial charge in [-0.1, -0.05) is 0 Å². The largest absolute Gasteiger partial charge is 0.451 e. The van der Waals surface area contributed by atoms with Gasteiger partial charge in [-0.15, -0.1) is 0 Å². The van der Waals surface area contributed by atoms with E-state index in [2.05, 4.69) is 5.32 Å². The first-order valence-corrected chi connectivity index (χ1v) is 11.6. The van der Waals surface area contributed by atoms with E-state index < -0.39 is 24.3 Å². The van der Waals surface area contributed by atoms with E-state index in [1.165, 1.54) is 6.08 Å². The van der Waals surface area contributed by atoms with E-state index in [9.17, 15) is 14.9 Å². The Morgan fingerprint density at radius 2 is 1.94 bits per heavy atom. The van der Waals surface area contributed by atoms with E-state index in [4.69, 9.17) is 18.9 Å². The first kappa shape index (κ1) is 24.4. The van der Waals surface area contributed by atoms with Gasteiger partial charge in [0.2, 0.25) is 0 Å². The third-order valence-electron chi connectivity index (χ3n) is 6.29. The molecule has 4 rings (SSSR count). The number of nitriles is 1. The molecule has 1 aliphatic heterocycles. The third kappa shape index (κ3) is 5.33. The average Bonchev–Trinajstić information content (AvgIpc) is 3.51. The van der Waals surface area contributed by atoms with Crippen LogP contribution in [0.2, 0.25) is 0 Å². The smallest absolute Gasteiger partial charge is 0.349 e. The lowest BCUT2D eigenvalue weighted by Gasteiger charge is -2.21. The van der Waals surface area contributed by atoms with Crippen LogP contribution in [0.4, 0.5) is 5.69 Å². The Morgan fingerprint density at radius 3 is 2.66 bits per heavy atom. The van der Waals surface area contributed by atoms with Crippen LogP contribution in [-0.4, -0.2) is 42.6 Å². The molecule has 1 aromatic carbocycles. The minimum Gasteiger partial charge on any atom is -0.451 e. The molecule has 1 spiro atoms. The van der Waals surface area contributed by atoms with Crippen LogP contribution in [0.1, 0.15) is 42.6 Å². The van der Waals surface area contributed by atoms with E-state index in [-0.39, 0.29) is 5.57 Å². The first-order chi connectivity index (χ1) is 16.8. The fourth-order valence-corrected chi connectivity index (χ4v) is 4.49. The topological polar surface area (TPSA) is 112 Å². The molecule has 184 valence electrons. The van der Waals surface area contributed by atoms with Gasteiger partial charge in [-0.05, 0) is 56.5 Å². The summed E-state index contributed by atoms with van der Waals surface area (Å²) in [5, 5.41) is 12.2. The van der Waals surface area contributed by atoms with Gasteiger partial charge in [-0.3, -0.25) is 4.79 Å². The summed E-state index contributed by atoms with van der Waals surface area (Å²) < 4.78 is 24.2. The summed E-state index contributed by atoms with van der Waals surface area (Å²) in [4.78, 5) is 24.8. The molecule has 1 aliphatic carbocycles. The van der Waals surface area contributed by atoms with Gasteiger partial charge in [0.1, 0.15) is 11.6 Å². The van der Waals surface area contributed by atoms with Crippen molar-refractivity contribution in [3.8, 4) is 17.6 Å². The molecule has 1 fully saturated rings. The number of ether oxygens (including phenoxy) is 4. The fourth-order valence-electron chi connectivity index (χ4n) is 4.49. The monoisotopic (exact) mass is 479 g/mol. The predicted molar refractivity (Wildman–Crippen MR) is 128 cm³/mol. The lowest BCUT2D eigenvalue weighted by molar-refractivity contribution is -0.142. The predicted octanol–water partition coefficient (Wildman–Crippen LogP) is 3.88. The highest BCUT2D eigenvalue weighted by molar-refractivity contribution is 6.00. The lowest BCUT2D eigenvalue weighted by atomic mass is 10.1. The van der Waals surface area contributed by atoms with Crippen LogP contribution in [0.5, 0.6) is 11.5 Å². The summed E-state index contributed by atoms with van der Waals surface area (Å²) in [6.45, 7) is 4.53. The molecule has 9 heteroatoms. The van der Waals surface area contributed by atoms with Crippen molar-refractivity contribution in [2.75, 3.05) is 25.6 Å². The van der Waals surface area contributed by atoms with Gasteiger partial charge in [0, 0.05) is 49.6 Å². The summed E-state index contributed by atoms with van der Waals surface area (Å²) >= 11 is 0. The number of methoxy groups -OCH3 is 1. The number of benzene rings is 1. The minimum absolute atomic E-state index is 0.185. The number of rotatable bonds is 8. The third-order valence-corrected chi connectivity index (χ3v) is 6.29. The maximum Gasteiger partial charge on any atom is 0.349 e. The normalized spacial score (nSPS) is 15.8. The number of aryl methyl sites for hydroxylation is 1. The SMILES string of the molecule is COCCn1c(C)cc(/C=C(\C#N)C(=O)OCC(=O)Nc2ccc3c(c2)OC2(CCCC2)O3)c1C. The van der Waals surface area contributed by atoms with Crippen LogP contribution in [-0.2, 0) is 25.6 Å². The maximum atomic E-state index is 12.5. The first-order valence-electron chi connectivity index (χ1n) is 11.6. The molecule has 1 N–H and O–H groups in total. The summed E-state index contributed by atoms with van der Waals surface area (Å²) in [6.07, 6.45) is 5.26.